The van der Waals surface area contributed by atoms with E-state index in [1.54, 1.807) is 49.8 Å². The number of hydrogen-bond acceptors (Lipinski definition) is 7. The number of halogens is 1. The van der Waals surface area contributed by atoms with Gasteiger partial charge in [0.25, 0.3) is 11.8 Å². The van der Waals surface area contributed by atoms with Crippen molar-refractivity contribution in [2.45, 2.75) is 83.1 Å². The van der Waals surface area contributed by atoms with Crippen molar-refractivity contribution < 1.29 is 28.2 Å². The fraction of sp³-hybridized carbons (Fsp3) is 0.385. The molecule has 0 radical (unpaired) electrons. The number of aromatic nitrogens is 2. The standard InChI is InChI=1S/C39H43FN4O5/c1-25(43-38(45)28-14-17-34(42-21-28)24-49-37-9-4-3-8-36(37)47-2)26-10-12-27(13-11-26)30-18-31(40)20-35(19-30)48-23-33-16-15-29(22-41-33)39(46)44-32-6-5-7-32/h3-4,8-9,14-22,25-27,32H,5-7,10-13,23-24H2,1-2H3,(H,43,45)(H,44,46). The van der Waals surface area contributed by atoms with E-state index in [-0.39, 0.29) is 48.8 Å². The molecule has 2 aromatic carbocycles. The van der Waals surface area contributed by atoms with Gasteiger partial charge in [-0.25, -0.2) is 4.39 Å². The quantitative estimate of drug-likeness (QED) is 0.156. The molecule has 2 fully saturated rings. The first-order valence-electron chi connectivity index (χ1n) is 17.1. The predicted octanol–water partition coefficient (Wildman–Crippen LogP) is 7.16. The van der Waals surface area contributed by atoms with Gasteiger partial charge in [0.2, 0.25) is 0 Å². The summed E-state index contributed by atoms with van der Waals surface area (Å²) in [7, 11) is 1.60. The van der Waals surface area contributed by atoms with Crippen LogP contribution < -0.4 is 24.8 Å². The number of methoxy groups -OCH3 is 1. The molecule has 2 saturated carbocycles. The summed E-state index contributed by atoms with van der Waals surface area (Å²) in [5.41, 5.74) is 3.30. The van der Waals surface area contributed by atoms with Crippen molar-refractivity contribution in [2.75, 3.05) is 7.11 Å². The number of nitrogens with zero attached hydrogens (tertiary/aromatic N) is 2. The van der Waals surface area contributed by atoms with Crippen LogP contribution in [-0.2, 0) is 13.2 Å². The Balaban J connectivity index is 0.956. The Labute approximate surface area is 286 Å². The first-order valence-corrected chi connectivity index (χ1v) is 17.1. The molecule has 0 bridgehead atoms. The first-order chi connectivity index (χ1) is 23.8. The molecule has 0 aliphatic heterocycles. The number of amides is 2. The van der Waals surface area contributed by atoms with Crippen molar-refractivity contribution in [1.29, 1.82) is 0 Å². The molecule has 9 nitrogen and oxygen atoms in total. The SMILES string of the molecule is COc1ccccc1OCc1ccc(C(=O)NC(C)C2CCC(c3cc(F)cc(OCc4ccc(C(=O)NC5CCC5)cn4)c3)CC2)cn1. The van der Waals surface area contributed by atoms with Gasteiger partial charge in [0, 0.05) is 30.5 Å². The molecular formula is C39H43FN4O5. The maximum absolute atomic E-state index is 14.7. The summed E-state index contributed by atoms with van der Waals surface area (Å²) < 4.78 is 31.8. The van der Waals surface area contributed by atoms with Crippen LogP contribution in [0, 0.1) is 11.7 Å². The Morgan fingerprint density at radius 2 is 1.47 bits per heavy atom. The number of para-hydroxylation sites is 2. The molecule has 0 saturated heterocycles. The van der Waals surface area contributed by atoms with Crippen LogP contribution in [0.1, 0.15) is 95.5 Å². The van der Waals surface area contributed by atoms with Crippen LogP contribution in [0.5, 0.6) is 17.2 Å². The van der Waals surface area contributed by atoms with E-state index in [0.717, 1.165) is 50.5 Å². The second-order valence-electron chi connectivity index (χ2n) is 13.0. The van der Waals surface area contributed by atoms with Gasteiger partial charge in [-0.3, -0.25) is 19.6 Å². The summed E-state index contributed by atoms with van der Waals surface area (Å²) in [6.07, 6.45) is 9.95. The van der Waals surface area contributed by atoms with Crippen molar-refractivity contribution in [3.63, 3.8) is 0 Å². The van der Waals surface area contributed by atoms with Crippen LogP contribution in [0.25, 0.3) is 0 Å². The molecule has 2 aliphatic carbocycles. The summed E-state index contributed by atoms with van der Waals surface area (Å²) in [6, 6.07) is 19.6. The van der Waals surface area contributed by atoms with Gasteiger partial charge >= 0.3 is 0 Å². The average molecular weight is 667 g/mol. The minimum absolute atomic E-state index is 0.0171. The fourth-order valence-electron chi connectivity index (χ4n) is 6.42. The van der Waals surface area contributed by atoms with Gasteiger partial charge in [-0.1, -0.05) is 12.1 Å². The molecule has 1 atom stereocenters. The van der Waals surface area contributed by atoms with Crippen LogP contribution in [0.15, 0.2) is 79.1 Å². The van der Waals surface area contributed by atoms with E-state index >= 15 is 0 Å². The van der Waals surface area contributed by atoms with Crippen LogP contribution in [-0.4, -0.2) is 41.0 Å². The molecule has 10 heteroatoms. The number of nitrogens with one attached hydrogen (secondary N) is 2. The molecule has 2 heterocycles. The summed E-state index contributed by atoms with van der Waals surface area (Å²) in [6.45, 7) is 2.47. The maximum Gasteiger partial charge on any atom is 0.253 e. The molecule has 1 unspecified atom stereocenters. The van der Waals surface area contributed by atoms with Gasteiger partial charge in [0.15, 0.2) is 11.5 Å². The Bertz CT molecular complexity index is 1720. The highest BCUT2D eigenvalue weighted by Crippen LogP contribution is 2.38. The summed E-state index contributed by atoms with van der Waals surface area (Å²) >= 11 is 0. The number of carbonyl (C=O) groups excluding carboxylic acids is 2. The van der Waals surface area contributed by atoms with Crippen molar-refractivity contribution in [3.8, 4) is 17.2 Å². The van der Waals surface area contributed by atoms with Crippen LogP contribution in [0.4, 0.5) is 4.39 Å². The number of ether oxygens (including phenoxy) is 3. The third-order valence-electron chi connectivity index (χ3n) is 9.65. The topological polar surface area (TPSA) is 112 Å². The lowest BCUT2D eigenvalue weighted by molar-refractivity contribution is 0.0908. The smallest absolute Gasteiger partial charge is 0.253 e. The molecule has 256 valence electrons. The monoisotopic (exact) mass is 666 g/mol. The molecule has 0 spiro atoms. The summed E-state index contributed by atoms with van der Waals surface area (Å²) in [5, 5.41) is 6.16. The number of rotatable bonds is 13. The van der Waals surface area contributed by atoms with Crippen molar-refractivity contribution in [2.24, 2.45) is 5.92 Å². The summed E-state index contributed by atoms with van der Waals surface area (Å²) in [4.78, 5) is 34.2. The van der Waals surface area contributed by atoms with Gasteiger partial charge < -0.3 is 24.8 Å². The zero-order valence-corrected chi connectivity index (χ0v) is 28.0. The molecule has 2 aromatic heterocycles. The predicted molar refractivity (Wildman–Crippen MR) is 183 cm³/mol. The largest absolute Gasteiger partial charge is 0.493 e. The van der Waals surface area contributed by atoms with Crippen LogP contribution in [0.2, 0.25) is 0 Å². The molecule has 6 rings (SSSR count). The maximum atomic E-state index is 14.7. The Hall–Kier alpha value is -4.99. The molecule has 2 aliphatic rings. The molecule has 2 N–H and O–H groups in total. The van der Waals surface area contributed by atoms with Crippen molar-refractivity contribution in [3.05, 3.63) is 113 Å². The minimum Gasteiger partial charge on any atom is -0.493 e. The van der Waals surface area contributed by atoms with Gasteiger partial charge in [0.05, 0.1) is 29.6 Å². The second kappa shape index (κ2) is 15.9. The lowest BCUT2D eigenvalue weighted by Crippen LogP contribution is -2.39. The van der Waals surface area contributed by atoms with Crippen LogP contribution >= 0.6 is 0 Å². The second-order valence-corrected chi connectivity index (χ2v) is 13.0. The highest BCUT2D eigenvalue weighted by molar-refractivity contribution is 5.94. The third-order valence-corrected chi connectivity index (χ3v) is 9.65. The minimum atomic E-state index is -0.336. The van der Waals surface area contributed by atoms with Crippen molar-refractivity contribution in [1.82, 2.24) is 20.6 Å². The van der Waals surface area contributed by atoms with Gasteiger partial charge in [-0.05, 0) is 118 Å². The Morgan fingerprint density at radius 1 is 0.816 bits per heavy atom. The lowest BCUT2D eigenvalue weighted by Gasteiger charge is -2.33. The number of benzene rings is 2. The van der Waals surface area contributed by atoms with E-state index in [1.807, 2.05) is 37.3 Å². The molecule has 4 aromatic rings. The van der Waals surface area contributed by atoms with E-state index < -0.39 is 0 Å². The zero-order valence-electron chi connectivity index (χ0n) is 28.0. The normalized spacial score (nSPS) is 18.1. The van der Waals surface area contributed by atoms with Gasteiger partial charge in [-0.15, -0.1) is 0 Å². The molecule has 49 heavy (non-hydrogen) atoms. The highest BCUT2D eigenvalue weighted by atomic mass is 19.1. The average Bonchev–Trinajstić information content (AvgIpc) is 3.11. The van der Waals surface area contributed by atoms with E-state index in [2.05, 4.69) is 20.6 Å². The molecular weight excluding hydrogens is 623 g/mol. The van der Waals surface area contributed by atoms with E-state index in [0.29, 0.717) is 45.7 Å². The van der Waals surface area contributed by atoms with E-state index in [1.165, 1.54) is 6.07 Å². The lowest BCUT2D eigenvalue weighted by atomic mass is 9.76. The van der Waals surface area contributed by atoms with Crippen LogP contribution in [0.3, 0.4) is 0 Å². The summed E-state index contributed by atoms with van der Waals surface area (Å²) in [5.74, 6) is 1.65. The third kappa shape index (κ3) is 8.93. The van der Waals surface area contributed by atoms with E-state index in [9.17, 15) is 14.0 Å². The van der Waals surface area contributed by atoms with Crippen molar-refractivity contribution >= 4 is 11.8 Å². The Kier molecular flexibility index (Phi) is 11.0. The number of carbonyl (C=O) groups is 2. The number of hydrogen-bond donors (Lipinski definition) is 2. The fourth-order valence-corrected chi connectivity index (χ4v) is 6.42. The number of pyridine rings is 2. The zero-order chi connectivity index (χ0) is 34.2. The Morgan fingerprint density at radius 3 is 2.08 bits per heavy atom. The van der Waals surface area contributed by atoms with Gasteiger partial charge in [0.1, 0.15) is 24.8 Å². The molecule has 2 amide bonds. The highest BCUT2D eigenvalue weighted by Gasteiger charge is 2.28. The van der Waals surface area contributed by atoms with Gasteiger partial charge in [-0.2, -0.15) is 0 Å². The first kappa shape index (κ1) is 33.9. The van der Waals surface area contributed by atoms with E-state index in [4.69, 9.17) is 14.2 Å².